The van der Waals surface area contributed by atoms with Crippen molar-refractivity contribution in [3.05, 3.63) is 0 Å². The Morgan fingerprint density at radius 3 is 1.41 bits per heavy atom. The molecule has 8 unspecified atom stereocenters. The number of aliphatic hydroxyl groups excluding tert-OH is 2. The van der Waals surface area contributed by atoms with E-state index in [9.17, 15) is 10.2 Å². The molecular formula is C20H34O2. The van der Waals surface area contributed by atoms with Crippen LogP contribution in [0.3, 0.4) is 0 Å². The number of fused-ring (bicyclic) bond motifs is 2. The molecule has 0 aromatic carbocycles. The van der Waals surface area contributed by atoms with E-state index in [0.29, 0.717) is 23.7 Å². The van der Waals surface area contributed by atoms with Crippen LogP contribution in [0.2, 0.25) is 0 Å². The van der Waals surface area contributed by atoms with Gasteiger partial charge >= 0.3 is 0 Å². The lowest BCUT2D eigenvalue weighted by molar-refractivity contribution is 0.0495. The topological polar surface area (TPSA) is 40.5 Å². The summed E-state index contributed by atoms with van der Waals surface area (Å²) < 4.78 is 0. The van der Waals surface area contributed by atoms with E-state index in [2.05, 4.69) is 0 Å². The second kappa shape index (κ2) is 6.43. The molecule has 0 aromatic heterocycles. The van der Waals surface area contributed by atoms with Crippen LogP contribution in [-0.4, -0.2) is 22.4 Å². The van der Waals surface area contributed by atoms with Crippen LogP contribution >= 0.6 is 0 Å². The molecule has 2 heteroatoms. The second-order valence-corrected chi connectivity index (χ2v) is 8.97. The van der Waals surface area contributed by atoms with Gasteiger partial charge in [0.25, 0.3) is 0 Å². The fourth-order valence-corrected chi connectivity index (χ4v) is 6.72. The van der Waals surface area contributed by atoms with Crippen molar-refractivity contribution in [2.75, 3.05) is 0 Å². The van der Waals surface area contributed by atoms with E-state index < -0.39 is 0 Å². The molecule has 4 rings (SSSR count). The molecular weight excluding hydrogens is 272 g/mol. The van der Waals surface area contributed by atoms with E-state index in [-0.39, 0.29) is 12.2 Å². The van der Waals surface area contributed by atoms with Gasteiger partial charge in [0, 0.05) is 0 Å². The molecule has 8 atom stereocenters. The van der Waals surface area contributed by atoms with E-state index in [1.165, 1.54) is 64.2 Å². The molecule has 4 fully saturated rings. The Kier molecular flexibility index (Phi) is 4.52. The van der Waals surface area contributed by atoms with Crippen LogP contribution in [0.15, 0.2) is 0 Å². The van der Waals surface area contributed by atoms with Gasteiger partial charge in [-0.1, -0.05) is 38.5 Å². The van der Waals surface area contributed by atoms with Crippen LogP contribution in [0, 0.1) is 35.5 Å². The number of rotatable bonds is 3. The van der Waals surface area contributed by atoms with E-state index in [1.54, 1.807) is 0 Å². The van der Waals surface area contributed by atoms with Crippen LogP contribution in [0.1, 0.15) is 77.0 Å². The molecule has 0 bridgehead atoms. The average molecular weight is 306 g/mol. The molecule has 2 N–H and O–H groups in total. The minimum absolute atomic E-state index is 0.0360. The minimum Gasteiger partial charge on any atom is -0.393 e. The molecule has 22 heavy (non-hydrogen) atoms. The summed E-state index contributed by atoms with van der Waals surface area (Å²) in [5.41, 5.74) is 0. The van der Waals surface area contributed by atoms with Crippen molar-refractivity contribution in [1.29, 1.82) is 0 Å². The Labute approximate surface area is 135 Å². The summed E-state index contributed by atoms with van der Waals surface area (Å²) in [7, 11) is 0. The normalized spacial score (nSPS) is 51.5. The lowest BCUT2D eigenvalue weighted by atomic mass is 9.81. The first-order valence-electron chi connectivity index (χ1n) is 10.1. The largest absolute Gasteiger partial charge is 0.393 e. The van der Waals surface area contributed by atoms with Gasteiger partial charge in [-0.2, -0.15) is 0 Å². The molecule has 4 saturated carbocycles. The number of hydrogen-bond acceptors (Lipinski definition) is 2. The summed E-state index contributed by atoms with van der Waals surface area (Å²) in [6, 6.07) is 0. The Morgan fingerprint density at radius 2 is 1.00 bits per heavy atom. The molecule has 0 radical (unpaired) electrons. The van der Waals surface area contributed by atoms with Crippen molar-refractivity contribution in [3.63, 3.8) is 0 Å². The molecule has 4 aliphatic carbocycles. The third-order valence-corrected chi connectivity index (χ3v) is 7.90. The second-order valence-electron chi connectivity index (χ2n) is 8.97. The summed E-state index contributed by atoms with van der Waals surface area (Å²) in [4.78, 5) is 0. The van der Waals surface area contributed by atoms with Gasteiger partial charge in [0.2, 0.25) is 0 Å². The van der Waals surface area contributed by atoms with Crippen molar-refractivity contribution >= 4 is 0 Å². The predicted molar refractivity (Wildman–Crippen MR) is 88.4 cm³/mol. The van der Waals surface area contributed by atoms with Crippen LogP contribution in [0.5, 0.6) is 0 Å². The molecule has 0 aromatic rings. The quantitative estimate of drug-likeness (QED) is 0.822. The van der Waals surface area contributed by atoms with E-state index in [1.807, 2.05) is 0 Å². The van der Waals surface area contributed by atoms with Gasteiger partial charge in [-0.05, 0) is 74.0 Å². The van der Waals surface area contributed by atoms with Crippen molar-refractivity contribution in [2.45, 2.75) is 89.3 Å². The first kappa shape index (κ1) is 15.4. The van der Waals surface area contributed by atoms with Gasteiger partial charge in [0.15, 0.2) is 0 Å². The van der Waals surface area contributed by atoms with Crippen molar-refractivity contribution < 1.29 is 10.2 Å². The maximum absolute atomic E-state index is 10.7. The maximum atomic E-state index is 10.7. The Bertz CT molecular complexity index is 346. The lowest BCUT2D eigenvalue weighted by Gasteiger charge is -2.27. The highest BCUT2D eigenvalue weighted by Crippen LogP contribution is 2.50. The summed E-state index contributed by atoms with van der Waals surface area (Å²) in [5.74, 6) is 3.89. The Hall–Kier alpha value is -0.0800. The predicted octanol–water partition coefficient (Wildman–Crippen LogP) is 4.14. The van der Waals surface area contributed by atoms with Gasteiger partial charge in [0.1, 0.15) is 0 Å². The molecule has 0 spiro atoms. The maximum Gasteiger partial charge on any atom is 0.0599 e. The molecule has 0 amide bonds. The monoisotopic (exact) mass is 306 g/mol. The van der Waals surface area contributed by atoms with Gasteiger partial charge < -0.3 is 10.2 Å². The summed E-state index contributed by atoms with van der Waals surface area (Å²) in [5, 5.41) is 21.3. The fourth-order valence-electron chi connectivity index (χ4n) is 6.72. The van der Waals surface area contributed by atoms with Gasteiger partial charge in [-0.25, -0.2) is 0 Å². The summed E-state index contributed by atoms with van der Waals surface area (Å²) >= 11 is 0. The van der Waals surface area contributed by atoms with Gasteiger partial charge in [-0.3, -0.25) is 0 Å². The van der Waals surface area contributed by atoms with E-state index >= 15 is 0 Å². The van der Waals surface area contributed by atoms with Gasteiger partial charge in [0.05, 0.1) is 12.2 Å². The zero-order chi connectivity index (χ0) is 15.1. The molecule has 126 valence electrons. The van der Waals surface area contributed by atoms with Gasteiger partial charge in [-0.15, -0.1) is 0 Å². The van der Waals surface area contributed by atoms with Crippen LogP contribution in [-0.2, 0) is 0 Å². The zero-order valence-electron chi connectivity index (χ0n) is 14.0. The molecule has 0 saturated heterocycles. The summed E-state index contributed by atoms with van der Waals surface area (Å²) in [6.45, 7) is 0. The highest BCUT2D eigenvalue weighted by atomic mass is 16.3. The first-order chi connectivity index (χ1) is 10.7. The highest BCUT2D eigenvalue weighted by Gasteiger charge is 2.45. The summed E-state index contributed by atoms with van der Waals surface area (Å²) in [6.07, 6.45) is 15.4. The van der Waals surface area contributed by atoms with Crippen LogP contribution in [0.25, 0.3) is 0 Å². The Balaban J connectivity index is 1.31. The average Bonchev–Trinajstić information content (AvgIpc) is 3.04. The third-order valence-electron chi connectivity index (χ3n) is 7.90. The third kappa shape index (κ3) is 2.75. The molecule has 0 heterocycles. The van der Waals surface area contributed by atoms with Crippen LogP contribution < -0.4 is 0 Å². The number of aliphatic hydroxyl groups is 2. The fraction of sp³-hybridized carbons (Fsp3) is 1.00. The van der Waals surface area contributed by atoms with Crippen LogP contribution in [0.4, 0.5) is 0 Å². The lowest BCUT2D eigenvalue weighted by Crippen LogP contribution is -2.27. The first-order valence-corrected chi connectivity index (χ1v) is 10.1. The van der Waals surface area contributed by atoms with E-state index in [0.717, 1.165) is 24.7 Å². The highest BCUT2D eigenvalue weighted by molar-refractivity contribution is 4.96. The molecule has 0 aliphatic heterocycles. The van der Waals surface area contributed by atoms with E-state index in [4.69, 9.17) is 0 Å². The minimum atomic E-state index is -0.0360. The SMILES string of the molecule is OC1C(CCC2CC3CCCCC3C2O)CC2CCCCC21. The molecule has 2 nitrogen and oxygen atoms in total. The van der Waals surface area contributed by atoms with Crippen molar-refractivity contribution in [2.24, 2.45) is 35.5 Å². The Morgan fingerprint density at radius 1 is 0.591 bits per heavy atom. The standard InChI is InChI=1S/C20H34O2/c21-19-15(11-13-5-1-3-7-17(13)19)9-10-16-12-14-6-2-4-8-18(14)20(16)22/h13-22H,1-12H2. The number of hydrogen-bond donors (Lipinski definition) is 2. The van der Waals surface area contributed by atoms with Crippen molar-refractivity contribution in [1.82, 2.24) is 0 Å². The zero-order valence-corrected chi connectivity index (χ0v) is 14.0. The smallest absolute Gasteiger partial charge is 0.0599 e. The van der Waals surface area contributed by atoms with Crippen molar-refractivity contribution in [3.8, 4) is 0 Å². The molecule has 4 aliphatic rings.